The van der Waals surface area contributed by atoms with Gasteiger partial charge in [-0.1, -0.05) is 18.8 Å². The lowest BCUT2D eigenvalue weighted by atomic mass is 10.0. The molecule has 1 amide bonds. The van der Waals surface area contributed by atoms with Gasteiger partial charge in [0.05, 0.1) is 32.1 Å². The predicted molar refractivity (Wildman–Crippen MR) is 134 cm³/mol. The number of carbonyl (C=O) groups is 1. The van der Waals surface area contributed by atoms with E-state index in [1.165, 1.54) is 30.1 Å². The average molecular weight is 519 g/mol. The molecule has 11 nitrogen and oxygen atoms in total. The number of sulfonamides is 1. The second-order valence-corrected chi connectivity index (χ2v) is 11.4. The quantitative estimate of drug-likeness (QED) is 0.519. The number of pyridine rings is 1. The lowest BCUT2D eigenvalue weighted by Crippen LogP contribution is -2.50. The Morgan fingerprint density at radius 3 is 2.64 bits per heavy atom. The van der Waals surface area contributed by atoms with Crippen LogP contribution in [0, 0.1) is 17.8 Å². The minimum Gasteiger partial charge on any atom is -0.472 e. The lowest BCUT2D eigenvalue weighted by molar-refractivity contribution is 0.0373. The summed E-state index contributed by atoms with van der Waals surface area (Å²) in [7, 11) is 3.13. The molecule has 0 radical (unpaired) electrons. The number of amides is 1. The first kappa shape index (κ1) is 27.6. The normalized spacial score (nSPS) is 19.2. The summed E-state index contributed by atoms with van der Waals surface area (Å²) < 4.78 is 35.0. The third-order valence-electron chi connectivity index (χ3n) is 5.94. The number of imidazole rings is 1. The van der Waals surface area contributed by atoms with Crippen molar-refractivity contribution < 1.29 is 23.1 Å². The van der Waals surface area contributed by atoms with E-state index in [0.717, 1.165) is 0 Å². The molecule has 3 heterocycles. The van der Waals surface area contributed by atoms with E-state index >= 15 is 0 Å². The zero-order valence-electron chi connectivity index (χ0n) is 21.5. The van der Waals surface area contributed by atoms with Crippen LogP contribution in [0.1, 0.15) is 29.8 Å². The van der Waals surface area contributed by atoms with E-state index in [1.807, 2.05) is 25.9 Å². The van der Waals surface area contributed by atoms with E-state index in [0.29, 0.717) is 12.1 Å². The Balaban J connectivity index is 1.97. The van der Waals surface area contributed by atoms with E-state index in [1.54, 1.807) is 29.5 Å². The highest BCUT2D eigenvalue weighted by molar-refractivity contribution is 7.89. The Morgan fingerprint density at radius 1 is 1.31 bits per heavy atom. The number of likely N-dealkylation sites (N-methyl/N-ethyl adjacent to an activating group) is 1. The Labute approximate surface area is 212 Å². The van der Waals surface area contributed by atoms with E-state index in [9.17, 15) is 18.3 Å². The minimum absolute atomic E-state index is 0.0150. The number of aliphatic hydroxyl groups is 1. The summed E-state index contributed by atoms with van der Waals surface area (Å²) in [6.45, 7) is 4.24. The predicted octanol–water partition coefficient (Wildman–Crippen LogP) is 0.269. The molecule has 3 atom stereocenters. The van der Waals surface area contributed by atoms with Crippen LogP contribution in [-0.2, 0) is 17.1 Å². The number of rotatable bonds is 7. The molecule has 0 aromatic carbocycles. The molecule has 2 aromatic heterocycles. The molecule has 36 heavy (non-hydrogen) atoms. The van der Waals surface area contributed by atoms with E-state index < -0.39 is 22.2 Å². The maximum Gasteiger partial charge on any atom is 0.261 e. The van der Waals surface area contributed by atoms with Crippen molar-refractivity contribution in [3.05, 3.63) is 35.9 Å². The van der Waals surface area contributed by atoms with E-state index in [-0.39, 0.29) is 48.0 Å². The third kappa shape index (κ3) is 6.22. The molecular formula is C24H34N6O5S. The number of ether oxygens (including phenoxy) is 1. The van der Waals surface area contributed by atoms with Crippen LogP contribution < -0.4 is 4.74 Å². The van der Waals surface area contributed by atoms with Crippen LogP contribution in [0.4, 0.5) is 0 Å². The van der Waals surface area contributed by atoms with Gasteiger partial charge in [-0.25, -0.2) is 18.4 Å². The second-order valence-electron chi connectivity index (χ2n) is 9.40. The number of carbonyl (C=O) groups excluding carboxylic acids is 1. The van der Waals surface area contributed by atoms with Crippen molar-refractivity contribution >= 4 is 15.9 Å². The smallest absolute Gasteiger partial charge is 0.261 e. The fourth-order valence-electron chi connectivity index (χ4n) is 3.72. The topological polar surface area (TPSA) is 121 Å². The molecule has 0 aliphatic carbocycles. The first-order chi connectivity index (χ1) is 16.9. The summed E-state index contributed by atoms with van der Waals surface area (Å²) in [6, 6.07) is 1.18. The van der Waals surface area contributed by atoms with Crippen molar-refractivity contribution in [2.24, 2.45) is 13.0 Å². The highest BCUT2D eigenvalue weighted by atomic mass is 32.2. The van der Waals surface area contributed by atoms with Crippen molar-refractivity contribution in [2.75, 3.05) is 47.4 Å². The molecule has 0 bridgehead atoms. The average Bonchev–Trinajstić information content (AvgIpc) is 3.27. The second kappa shape index (κ2) is 11.4. The molecule has 0 saturated carbocycles. The summed E-state index contributed by atoms with van der Waals surface area (Å²) in [6.07, 6.45) is 3.78. The number of nitrogens with zero attached hydrogens (tertiary/aromatic N) is 6. The number of aromatic nitrogens is 3. The molecule has 1 aliphatic rings. The number of hydrogen-bond donors (Lipinski definition) is 1. The number of hydrogen-bond acceptors (Lipinski definition) is 8. The van der Waals surface area contributed by atoms with Gasteiger partial charge in [0.15, 0.2) is 5.03 Å². The van der Waals surface area contributed by atoms with Crippen LogP contribution in [0.2, 0.25) is 0 Å². The Morgan fingerprint density at radius 2 is 2.03 bits per heavy atom. The molecular weight excluding hydrogens is 484 g/mol. The van der Waals surface area contributed by atoms with Crippen molar-refractivity contribution in [3.63, 3.8) is 0 Å². The Hall–Kier alpha value is -2.98. The highest BCUT2D eigenvalue weighted by Gasteiger charge is 2.36. The van der Waals surface area contributed by atoms with Gasteiger partial charge in [-0.05, 0) is 27.1 Å². The maximum atomic E-state index is 13.5. The van der Waals surface area contributed by atoms with Crippen molar-refractivity contribution in [1.82, 2.24) is 28.6 Å². The summed E-state index contributed by atoms with van der Waals surface area (Å²) in [5.41, 5.74) is 0.781. The van der Waals surface area contributed by atoms with Gasteiger partial charge in [0.2, 0.25) is 5.88 Å². The fraction of sp³-hybridized carbons (Fsp3) is 0.542. The molecule has 12 heteroatoms. The molecule has 196 valence electrons. The summed E-state index contributed by atoms with van der Waals surface area (Å²) in [5, 5.41) is 9.75. The summed E-state index contributed by atoms with van der Waals surface area (Å²) >= 11 is 0. The molecule has 3 rings (SSSR count). The number of aliphatic hydroxyl groups excluding tert-OH is 1. The maximum absolute atomic E-state index is 13.5. The van der Waals surface area contributed by atoms with Gasteiger partial charge < -0.3 is 19.3 Å². The van der Waals surface area contributed by atoms with E-state index in [2.05, 4.69) is 21.8 Å². The van der Waals surface area contributed by atoms with Gasteiger partial charge >= 0.3 is 0 Å². The van der Waals surface area contributed by atoms with E-state index in [4.69, 9.17) is 4.74 Å². The van der Waals surface area contributed by atoms with Crippen LogP contribution in [0.25, 0.3) is 0 Å². The molecule has 0 unspecified atom stereocenters. The lowest BCUT2D eigenvalue weighted by Gasteiger charge is -2.37. The first-order valence-electron chi connectivity index (χ1n) is 11.6. The van der Waals surface area contributed by atoms with Gasteiger partial charge in [-0.15, -0.1) is 0 Å². The number of aryl methyl sites for hydroxylation is 1. The van der Waals surface area contributed by atoms with Crippen LogP contribution in [0.3, 0.4) is 0 Å². The zero-order valence-corrected chi connectivity index (χ0v) is 22.4. The summed E-state index contributed by atoms with van der Waals surface area (Å²) in [5.74, 6) is 5.54. The highest BCUT2D eigenvalue weighted by Crippen LogP contribution is 2.28. The molecule has 0 spiro atoms. The molecule has 0 saturated heterocycles. The molecule has 1 aliphatic heterocycles. The van der Waals surface area contributed by atoms with Crippen LogP contribution >= 0.6 is 0 Å². The molecule has 2 aromatic rings. The van der Waals surface area contributed by atoms with Crippen LogP contribution in [-0.4, -0.2) is 108 Å². The number of fused-ring (bicyclic) bond motifs is 1. The van der Waals surface area contributed by atoms with Gasteiger partial charge in [0.25, 0.3) is 15.9 Å². The molecule has 1 N–H and O–H groups in total. The monoisotopic (exact) mass is 518 g/mol. The SMILES string of the molecule is C[C@H](CO)N1C[C@H](C)[C@H](CN(C)S(=O)(=O)c2cn(C)cn2)Oc2ncc(C#CCN(C)C)cc2C1=O. The van der Waals surface area contributed by atoms with Crippen LogP contribution in [0.5, 0.6) is 5.88 Å². The van der Waals surface area contributed by atoms with Gasteiger partial charge in [-0.3, -0.25) is 9.69 Å². The first-order valence-corrected chi connectivity index (χ1v) is 13.0. The Bertz CT molecular complexity index is 1250. The van der Waals surface area contributed by atoms with Gasteiger partial charge in [0.1, 0.15) is 11.7 Å². The van der Waals surface area contributed by atoms with Crippen LogP contribution in [0.15, 0.2) is 29.8 Å². The van der Waals surface area contributed by atoms with Crippen molar-refractivity contribution in [1.29, 1.82) is 0 Å². The summed E-state index contributed by atoms with van der Waals surface area (Å²) in [4.78, 5) is 25.3. The Kier molecular flexibility index (Phi) is 8.73. The zero-order chi connectivity index (χ0) is 26.6. The largest absolute Gasteiger partial charge is 0.472 e. The van der Waals surface area contributed by atoms with Gasteiger partial charge in [-0.2, -0.15) is 4.31 Å². The van der Waals surface area contributed by atoms with Crippen molar-refractivity contribution in [3.8, 4) is 17.7 Å². The third-order valence-corrected chi connectivity index (χ3v) is 7.65. The minimum atomic E-state index is -3.85. The molecule has 0 fully saturated rings. The van der Waals surface area contributed by atoms with Gasteiger partial charge in [0, 0.05) is 44.5 Å². The fourth-order valence-corrected chi connectivity index (χ4v) is 4.86. The standard InChI is InChI=1S/C24H34N6O5S/c1-17-12-30(18(2)15-31)24(32)20-10-19(8-7-9-27(3)4)11-25-23(20)35-21(17)13-29(6)36(33,34)22-14-28(5)16-26-22/h10-11,14,16-18,21,31H,9,12-13,15H2,1-6H3/t17-,18+,21-/m0/s1. The van der Waals surface area contributed by atoms with Crippen molar-refractivity contribution in [2.45, 2.75) is 31.0 Å².